The molecule has 0 unspecified atom stereocenters. The average Bonchev–Trinajstić information content (AvgIpc) is 2.72. The third-order valence-corrected chi connectivity index (χ3v) is 2.52. The molecule has 0 bridgehead atoms. The second kappa shape index (κ2) is 4.17. The smallest absolute Gasteiger partial charge is 0.151 e. The Morgan fingerprint density at radius 3 is 2.60 bits per heavy atom. The van der Waals surface area contributed by atoms with Gasteiger partial charge in [0.1, 0.15) is 0 Å². The Balaban J connectivity index is 2.49. The Kier molecular flexibility index (Phi) is 2.72. The van der Waals surface area contributed by atoms with Gasteiger partial charge in [-0.15, -0.1) is 0 Å². The monoisotopic (exact) mass is 201 g/mol. The van der Waals surface area contributed by atoms with Crippen molar-refractivity contribution in [1.82, 2.24) is 10.2 Å². The van der Waals surface area contributed by atoms with Crippen LogP contribution in [-0.2, 0) is 6.42 Å². The average molecular weight is 201 g/mol. The van der Waals surface area contributed by atoms with E-state index in [-0.39, 0.29) is 0 Å². The van der Waals surface area contributed by atoms with Crippen molar-refractivity contribution in [2.24, 2.45) is 0 Å². The van der Waals surface area contributed by atoms with Gasteiger partial charge in [0.15, 0.2) is 5.82 Å². The van der Waals surface area contributed by atoms with E-state index in [1.54, 1.807) is 0 Å². The van der Waals surface area contributed by atoms with Gasteiger partial charge in [0.2, 0.25) is 0 Å². The molecule has 2 aromatic rings. The van der Waals surface area contributed by atoms with E-state index in [2.05, 4.69) is 34.6 Å². The molecule has 0 aliphatic rings. The summed E-state index contributed by atoms with van der Waals surface area (Å²) in [6.07, 6.45) is 0.969. The first kappa shape index (κ1) is 9.77. The van der Waals surface area contributed by atoms with Crippen molar-refractivity contribution in [2.75, 3.05) is 12.4 Å². The minimum absolute atomic E-state index is 0.941. The van der Waals surface area contributed by atoms with Crippen molar-refractivity contribution in [2.45, 2.75) is 13.3 Å². The molecule has 1 heterocycles. The first-order chi connectivity index (χ1) is 7.36. The zero-order chi connectivity index (χ0) is 10.7. The Bertz CT molecular complexity index is 431. The number of nitrogens with one attached hydrogen (secondary N) is 2. The van der Waals surface area contributed by atoms with Gasteiger partial charge < -0.3 is 5.32 Å². The van der Waals surface area contributed by atoms with E-state index in [9.17, 15) is 0 Å². The maximum absolute atomic E-state index is 4.25. The van der Waals surface area contributed by atoms with Crippen LogP contribution in [0.1, 0.15) is 12.5 Å². The van der Waals surface area contributed by atoms with Crippen LogP contribution in [0.5, 0.6) is 0 Å². The van der Waals surface area contributed by atoms with Crippen molar-refractivity contribution in [3.63, 3.8) is 0 Å². The molecule has 0 spiro atoms. The lowest BCUT2D eigenvalue weighted by atomic mass is 10.1. The fourth-order valence-electron chi connectivity index (χ4n) is 1.76. The van der Waals surface area contributed by atoms with E-state index < -0.39 is 0 Å². The van der Waals surface area contributed by atoms with E-state index in [0.717, 1.165) is 17.9 Å². The number of benzene rings is 1. The lowest BCUT2D eigenvalue weighted by Gasteiger charge is -2.02. The normalized spacial score (nSPS) is 10.3. The number of aromatic amines is 1. The quantitative estimate of drug-likeness (QED) is 0.801. The lowest BCUT2D eigenvalue weighted by molar-refractivity contribution is 1.09. The molecular weight excluding hydrogens is 186 g/mol. The molecule has 3 heteroatoms. The molecule has 1 aromatic carbocycles. The van der Waals surface area contributed by atoms with Crippen LogP contribution in [0.3, 0.4) is 0 Å². The molecular formula is C12H15N3. The van der Waals surface area contributed by atoms with Crippen molar-refractivity contribution >= 4 is 5.82 Å². The summed E-state index contributed by atoms with van der Waals surface area (Å²) in [7, 11) is 1.89. The van der Waals surface area contributed by atoms with Gasteiger partial charge in [-0.1, -0.05) is 37.3 Å². The van der Waals surface area contributed by atoms with Gasteiger partial charge in [0.25, 0.3) is 0 Å². The zero-order valence-corrected chi connectivity index (χ0v) is 9.04. The fraction of sp³-hybridized carbons (Fsp3) is 0.250. The number of anilines is 1. The van der Waals surface area contributed by atoms with Gasteiger partial charge in [0.05, 0.1) is 5.69 Å². The summed E-state index contributed by atoms with van der Waals surface area (Å²) in [5.74, 6) is 0.941. The van der Waals surface area contributed by atoms with Gasteiger partial charge in [0, 0.05) is 12.6 Å². The molecule has 0 saturated carbocycles. The molecule has 0 amide bonds. The maximum Gasteiger partial charge on any atom is 0.151 e. The summed E-state index contributed by atoms with van der Waals surface area (Å²) in [6, 6.07) is 10.3. The molecule has 0 atom stereocenters. The topological polar surface area (TPSA) is 40.7 Å². The second-order valence-corrected chi connectivity index (χ2v) is 3.40. The molecule has 1 aromatic heterocycles. The van der Waals surface area contributed by atoms with E-state index in [4.69, 9.17) is 0 Å². The van der Waals surface area contributed by atoms with Crippen molar-refractivity contribution in [3.8, 4) is 11.3 Å². The highest BCUT2D eigenvalue weighted by Crippen LogP contribution is 2.26. The minimum Gasteiger partial charge on any atom is -0.371 e. The minimum atomic E-state index is 0.941. The molecule has 0 fully saturated rings. The van der Waals surface area contributed by atoms with E-state index in [0.29, 0.717) is 0 Å². The molecule has 2 rings (SSSR count). The van der Waals surface area contributed by atoms with Crippen LogP contribution in [-0.4, -0.2) is 17.2 Å². The number of rotatable bonds is 3. The molecule has 0 aliphatic heterocycles. The highest BCUT2D eigenvalue weighted by Gasteiger charge is 2.10. The van der Waals surface area contributed by atoms with Crippen LogP contribution in [0.2, 0.25) is 0 Å². The Morgan fingerprint density at radius 2 is 2.00 bits per heavy atom. The first-order valence-electron chi connectivity index (χ1n) is 5.17. The zero-order valence-electron chi connectivity index (χ0n) is 9.04. The van der Waals surface area contributed by atoms with Crippen LogP contribution < -0.4 is 5.32 Å². The molecule has 15 heavy (non-hydrogen) atoms. The third kappa shape index (κ3) is 1.73. The molecule has 0 radical (unpaired) electrons. The lowest BCUT2D eigenvalue weighted by Crippen LogP contribution is -1.92. The summed E-state index contributed by atoms with van der Waals surface area (Å²) < 4.78 is 0. The van der Waals surface area contributed by atoms with Gasteiger partial charge in [-0.05, 0) is 12.0 Å². The van der Waals surface area contributed by atoms with Crippen LogP contribution in [0.25, 0.3) is 11.3 Å². The number of hydrogen-bond acceptors (Lipinski definition) is 2. The number of H-pyrrole nitrogens is 1. The number of aromatic nitrogens is 2. The summed E-state index contributed by atoms with van der Waals surface area (Å²) in [5.41, 5.74) is 3.54. The van der Waals surface area contributed by atoms with Crippen molar-refractivity contribution in [3.05, 3.63) is 35.9 Å². The van der Waals surface area contributed by atoms with Crippen LogP contribution in [0.4, 0.5) is 5.82 Å². The maximum atomic E-state index is 4.25. The summed E-state index contributed by atoms with van der Waals surface area (Å²) in [6.45, 7) is 2.14. The van der Waals surface area contributed by atoms with Gasteiger partial charge in [-0.25, -0.2) is 0 Å². The number of hydrogen-bond donors (Lipinski definition) is 2. The second-order valence-electron chi connectivity index (χ2n) is 3.40. The molecule has 0 saturated heterocycles. The summed E-state index contributed by atoms with van der Waals surface area (Å²) in [5, 5.41) is 10.4. The molecule has 3 nitrogen and oxygen atoms in total. The highest BCUT2D eigenvalue weighted by atomic mass is 15.2. The first-order valence-corrected chi connectivity index (χ1v) is 5.17. The molecule has 78 valence electrons. The molecule has 0 aliphatic carbocycles. The summed E-state index contributed by atoms with van der Waals surface area (Å²) >= 11 is 0. The van der Waals surface area contributed by atoms with E-state index in [1.165, 1.54) is 11.1 Å². The van der Waals surface area contributed by atoms with Gasteiger partial charge in [-0.3, -0.25) is 5.10 Å². The Labute approximate surface area is 89.5 Å². The Morgan fingerprint density at radius 1 is 1.27 bits per heavy atom. The predicted molar refractivity (Wildman–Crippen MR) is 62.9 cm³/mol. The van der Waals surface area contributed by atoms with Gasteiger partial charge >= 0.3 is 0 Å². The standard InChI is InChI=1S/C12H15N3/c1-3-10-11(14-15-12(10)13-2)9-7-5-4-6-8-9/h4-8H,3H2,1-2H3,(H2,13,14,15). The SMILES string of the molecule is CCc1c(NC)n[nH]c1-c1ccccc1. The predicted octanol–water partition coefficient (Wildman–Crippen LogP) is 2.68. The van der Waals surface area contributed by atoms with Crippen molar-refractivity contribution < 1.29 is 0 Å². The van der Waals surface area contributed by atoms with Gasteiger partial charge in [-0.2, -0.15) is 5.10 Å². The van der Waals surface area contributed by atoms with Crippen LogP contribution in [0.15, 0.2) is 30.3 Å². The van der Waals surface area contributed by atoms with Crippen molar-refractivity contribution in [1.29, 1.82) is 0 Å². The largest absolute Gasteiger partial charge is 0.371 e. The highest BCUT2D eigenvalue weighted by molar-refractivity contribution is 5.68. The number of nitrogens with zero attached hydrogens (tertiary/aromatic N) is 1. The van der Waals surface area contributed by atoms with E-state index in [1.807, 2.05) is 25.2 Å². The summed E-state index contributed by atoms with van der Waals surface area (Å²) in [4.78, 5) is 0. The van der Waals surface area contributed by atoms with E-state index >= 15 is 0 Å². The van der Waals surface area contributed by atoms with Crippen LogP contribution >= 0.6 is 0 Å². The third-order valence-electron chi connectivity index (χ3n) is 2.52. The molecule has 2 N–H and O–H groups in total. The Hall–Kier alpha value is -1.77. The van der Waals surface area contributed by atoms with Crippen LogP contribution in [0, 0.1) is 0 Å². The fourth-order valence-corrected chi connectivity index (χ4v) is 1.76.